The summed E-state index contributed by atoms with van der Waals surface area (Å²) in [5.41, 5.74) is 0.802. The van der Waals surface area contributed by atoms with Crippen LogP contribution < -0.4 is 10.2 Å². The molecular weight excluding hydrogens is 402 g/mol. The average molecular weight is 446 g/mol. The molecule has 1 aliphatic heterocycles. The molecule has 1 saturated carbocycles. The molecule has 1 amide bonds. The van der Waals surface area contributed by atoms with E-state index in [9.17, 15) is 9.90 Å². The number of aliphatic hydroxyl groups excluding tert-OH is 1. The Kier molecular flexibility index (Phi) is 8.50. The van der Waals surface area contributed by atoms with Gasteiger partial charge in [-0.15, -0.1) is 0 Å². The van der Waals surface area contributed by atoms with E-state index in [0.29, 0.717) is 18.5 Å². The van der Waals surface area contributed by atoms with Crippen LogP contribution in [0.25, 0.3) is 0 Å². The SMILES string of the molecule is CC(=O)N[C@H]1CC[C@H](CCN2CCN(c3cc(CCO)nc(C(C)(C)C)n3)[C@@H](C)C2)CC1. The molecule has 0 aromatic carbocycles. The molecule has 2 fully saturated rings. The standard InChI is InChI=1S/C25H43N5O2/c1-18-17-29(12-10-20-6-8-21(9-7-20)26-19(2)32)13-14-30(18)23-16-22(11-15-31)27-24(28-23)25(3,4)5/h16,18,20-21,31H,6-15,17H2,1-5H3,(H,26,32)/t18-,20-,21-/m0/s1. The van der Waals surface area contributed by atoms with Crippen LogP contribution in [0.15, 0.2) is 6.07 Å². The summed E-state index contributed by atoms with van der Waals surface area (Å²) in [5, 5.41) is 12.5. The van der Waals surface area contributed by atoms with Crippen LogP contribution in [0.3, 0.4) is 0 Å². The van der Waals surface area contributed by atoms with Crippen molar-refractivity contribution in [2.24, 2.45) is 5.92 Å². The molecule has 0 spiro atoms. The molecule has 32 heavy (non-hydrogen) atoms. The highest BCUT2D eigenvalue weighted by molar-refractivity contribution is 5.73. The Hall–Kier alpha value is -1.73. The Morgan fingerprint density at radius 3 is 2.50 bits per heavy atom. The molecular formula is C25H43N5O2. The first kappa shape index (κ1) is 24.9. The van der Waals surface area contributed by atoms with E-state index in [1.54, 1.807) is 6.92 Å². The first-order chi connectivity index (χ1) is 15.2. The molecule has 2 aliphatic rings. The fourth-order valence-electron chi connectivity index (χ4n) is 5.03. The number of rotatable bonds is 7. The highest BCUT2D eigenvalue weighted by Crippen LogP contribution is 2.28. The van der Waals surface area contributed by atoms with E-state index in [0.717, 1.165) is 62.3 Å². The van der Waals surface area contributed by atoms with Crippen molar-refractivity contribution in [1.82, 2.24) is 20.2 Å². The van der Waals surface area contributed by atoms with Crippen molar-refractivity contribution in [3.05, 3.63) is 17.6 Å². The summed E-state index contributed by atoms with van der Waals surface area (Å²) >= 11 is 0. The van der Waals surface area contributed by atoms with E-state index in [-0.39, 0.29) is 17.9 Å². The Bertz CT molecular complexity index is 755. The van der Waals surface area contributed by atoms with Crippen molar-refractivity contribution in [1.29, 1.82) is 0 Å². The van der Waals surface area contributed by atoms with Crippen LogP contribution in [-0.4, -0.2) is 70.8 Å². The lowest BCUT2D eigenvalue weighted by Crippen LogP contribution is -2.52. The van der Waals surface area contributed by atoms with E-state index in [1.807, 2.05) is 0 Å². The van der Waals surface area contributed by atoms with Gasteiger partial charge in [-0.2, -0.15) is 0 Å². The Labute approximate surface area is 194 Å². The smallest absolute Gasteiger partial charge is 0.217 e. The number of nitrogens with zero attached hydrogens (tertiary/aromatic N) is 4. The maximum Gasteiger partial charge on any atom is 0.217 e. The van der Waals surface area contributed by atoms with Gasteiger partial charge in [0.25, 0.3) is 0 Å². The van der Waals surface area contributed by atoms with Crippen molar-refractivity contribution in [2.75, 3.05) is 37.7 Å². The van der Waals surface area contributed by atoms with Crippen molar-refractivity contribution in [2.45, 2.75) is 90.6 Å². The summed E-state index contributed by atoms with van der Waals surface area (Å²) in [7, 11) is 0. The van der Waals surface area contributed by atoms with Gasteiger partial charge in [-0.25, -0.2) is 9.97 Å². The van der Waals surface area contributed by atoms with Gasteiger partial charge in [-0.05, 0) is 51.5 Å². The zero-order valence-corrected chi connectivity index (χ0v) is 20.7. The lowest BCUT2D eigenvalue weighted by Gasteiger charge is -2.41. The zero-order chi connectivity index (χ0) is 23.3. The van der Waals surface area contributed by atoms with Gasteiger partial charge in [0, 0.05) is 68.8 Å². The summed E-state index contributed by atoms with van der Waals surface area (Å²) in [5.74, 6) is 2.73. The van der Waals surface area contributed by atoms with Crippen molar-refractivity contribution in [3.63, 3.8) is 0 Å². The number of amides is 1. The fraction of sp³-hybridized carbons (Fsp3) is 0.800. The number of aromatic nitrogens is 2. The fourth-order valence-corrected chi connectivity index (χ4v) is 5.03. The second-order valence-corrected chi connectivity index (χ2v) is 10.8. The highest BCUT2D eigenvalue weighted by atomic mass is 16.3. The topological polar surface area (TPSA) is 81.6 Å². The Morgan fingerprint density at radius 2 is 1.91 bits per heavy atom. The molecule has 2 heterocycles. The van der Waals surface area contributed by atoms with Crippen LogP contribution in [0.4, 0.5) is 5.82 Å². The summed E-state index contributed by atoms with van der Waals surface area (Å²) in [6.07, 6.45) is 6.51. The van der Waals surface area contributed by atoms with Gasteiger partial charge in [-0.1, -0.05) is 20.8 Å². The number of carbonyl (C=O) groups is 1. The first-order valence-electron chi connectivity index (χ1n) is 12.4. The van der Waals surface area contributed by atoms with E-state index in [2.05, 4.69) is 48.9 Å². The highest BCUT2D eigenvalue weighted by Gasteiger charge is 2.28. The van der Waals surface area contributed by atoms with E-state index < -0.39 is 0 Å². The van der Waals surface area contributed by atoms with Crippen LogP contribution in [0.1, 0.15) is 78.2 Å². The van der Waals surface area contributed by atoms with Crippen LogP contribution >= 0.6 is 0 Å². The molecule has 7 heteroatoms. The second kappa shape index (κ2) is 10.9. The minimum absolute atomic E-state index is 0.0992. The molecule has 1 aromatic heterocycles. The maximum atomic E-state index is 11.3. The number of hydrogen-bond donors (Lipinski definition) is 2. The van der Waals surface area contributed by atoms with E-state index in [1.165, 1.54) is 19.3 Å². The molecule has 0 unspecified atom stereocenters. The number of anilines is 1. The first-order valence-corrected chi connectivity index (χ1v) is 12.4. The van der Waals surface area contributed by atoms with E-state index >= 15 is 0 Å². The third-order valence-electron chi connectivity index (χ3n) is 6.92. The van der Waals surface area contributed by atoms with Gasteiger partial charge >= 0.3 is 0 Å². The molecule has 180 valence electrons. The number of piperazine rings is 1. The molecule has 1 atom stereocenters. The minimum Gasteiger partial charge on any atom is -0.396 e. The molecule has 1 aliphatic carbocycles. The van der Waals surface area contributed by atoms with Gasteiger partial charge < -0.3 is 15.3 Å². The normalized spacial score (nSPS) is 25.1. The molecule has 7 nitrogen and oxygen atoms in total. The van der Waals surface area contributed by atoms with Crippen molar-refractivity contribution in [3.8, 4) is 0 Å². The van der Waals surface area contributed by atoms with Crippen molar-refractivity contribution >= 4 is 11.7 Å². The van der Waals surface area contributed by atoms with Crippen LogP contribution in [0.5, 0.6) is 0 Å². The van der Waals surface area contributed by atoms with Crippen LogP contribution in [-0.2, 0) is 16.6 Å². The number of nitrogens with one attached hydrogen (secondary N) is 1. The second-order valence-electron chi connectivity index (χ2n) is 10.8. The van der Waals surface area contributed by atoms with Gasteiger partial charge in [0.05, 0.1) is 0 Å². The third-order valence-corrected chi connectivity index (χ3v) is 6.92. The number of aliphatic hydroxyl groups is 1. The Balaban J connectivity index is 1.53. The van der Waals surface area contributed by atoms with Crippen LogP contribution in [0, 0.1) is 5.92 Å². The van der Waals surface area contributed by atoms with Gasteiger partial charge in [-0.3, -0.25) is 9.69 Å². The maximum absolute atomic E-state index is 11.3. The average Bonchev–Trinajstić information content (AvgIpc) is 2.72. The lowest BCUT2D eigenvalue weighted by atomic mass is 9.84. The lowest BCUT2D eigenvalue weighted by molar-refractivity contribution is -0.119. The molecule has 0 radical (unpaired) electrons. The van der Waals surface area contributed by atoms with Crippen molar-refractivity contribution < 1.29 is 9.90 Å². The molecule has 1 aromatic rings. The Morgan fingerprint density at radius 1 is 1.19 bits per heavy atom. The summed E-state index contributed by atoms with van der Waals surface area (Å²) in [6.45, 7) is 14.6. The van der Waals surface area contributed by atoms with Crippen LogP contribution in [0.2, 0.25) is 0 Å². The quantitative estimate of drug-likeness (QED) is 0.672. The monoisotopic (exact) mass is 445 g/mol. The number of carbonyl (C=O) groups excluding carboxylic acids is 1. The predicted octanol–water partition coefficient (Wildman–Crippen LogP) is 2.90. The molecule has 0 bridgehead atoms. The zero-order valence-electron chi connectivity index (χ0n) is 20.7. The van der Waals surface area contributed by atoms with Gasteiger partial charge in [0.2, 0.25) is 5.91 Å². The van der Waals surface area contributed by atoms with E-state index in [4.69, 9.17) is 9.97 Å². The summed E-state index contributed by atoms with van der Waals surface area (Å²) in [6, 6.07) is 2.84. The number of hydrogen-bond acceptors (Lipinski definition) is 6. The predicted molar refractivity (Wildman–Crippen MR) is 129 cm³/mol. The molecule has 2 N–H and O–H groups in total. The molecule has 1 saturated heterocycles. The van der Waals surface area contributed by atoms with Gasteiger partial charge in [0.1, 0.15) is 11.6 Å². The summed E-state index contributed by atoms with van der Waals surface area (Å²) < 4.78 is 0. The largest absolute Gasteiger partial charge is 0.396 e. The summed E-state index contributed by atoms with van der Waals surface area (Å²) in [4.78, 5) is 25.9. The molecule has 3 rings (SSSR count). The third kappa shape index (κ3) is 6.88. The minimum atomic E-state index is -0.121. The van der Waals surface area contributed by atoms with Gasteiger partial charge in [0.15, 0.2) is 0 Å².